The van der Waals surface area contributed by atoms with Crippen LogP contribution in [0.1, 0.15) is 29.0 Å². The second-order valence-electron chi connectivity index (χ2n) is 6.12. The SMILES string of the molecule is CC1c2ccsc2CCN1C(=O)/C=C/c1cc(Cl)c2c(c1)OCCO2. The summed E-state index contributed by atoms with van der Waals surface area (Å²) in [4.78, 5) is 15.9. The van der Waals surface area contributed by atoms with Crippen LogP contribution in [0.15, 0.2) is 29.7 Å². The minimum atomic E-state index is 0.00959. The molecular weight excluding hydrogens is 358 g/mol. The molecule has 1 unspecified atom stereocenters. The molecular formula is C19H18ClNO3S. The minimum Gasteiger partial charge on any atom is -0.486 e. The monoisotopic (exact) mass is 375 g/mol. The summed E-state index contributed by atoms with van der Waals surface area (Å²) in [7, 11) is 0. The Morgan fingerprint density at radius 1 is 1.36 bits per heavy atom. The summed E-state index contributed by atoms with van der Waals surface area (Å²) in [6, 6.07) is 5.86. The fourth-order valence-corrected chi connectivity index (χ4v) is 4.54. The number of ether oxygens (including phenoxy) is 2. The van der Waals surface area contributed by atoms with Gasteiger partial charge in [0.15, 0.2) is 11.5 Å². The molecule has 2 aliphatic rings. The van der Waals surface area contributed by atoms with Gasteiger partial charge in [0.1, 0.15) is 13.2 Å². The number of rotatable bonds is 2. The van der Waals surface area contributed by atoms with Crippen LogP contribution in [0.5, 0.6) is 11.5 Å². The van der Waals surface area contributed by atoms with Crippen LogP contribution in [0.25, 0.3) is 6.08 Å². The first kappa shape index (κ1) is 16.5. The Kier molecular flexibility index (Phi) is 4.44. The van der Waals surface area contributed by atoms with Crippen LogP contribution in [0, 0.1) is 0 Å². The number of hydrogen-bond donors (Lipinski definition) is 0. The number of thiophene rings is 1. The molecule has 0 aliphatic carbocycles. The predicted molar refractivity (Wildman–Crippen MR) is 99.6 cm³/mol. The van der Waals surface area contributed by atoms with Crippen molar-refractivity contribution in [3.05, 3.63) is 50.7 Å². The summed E-state index contributed by atoms with van der Waals surface area (Å²) < 4.78 is 11.1. The highest BCUT2D eigenvalue weighted by Gasteiger charge is 2.27. The van der Waals surface area contributed by atoms with E-state index in [1.165, 1.54) is 10.4 Å². The Morgan fingerprint density at radius 3 is 3.08 bits per heavy atom. The van der Waals surface area contributed by atoms with Crippen LogP contribution in [-0.2, 0) is 11.2 Å². The molecule has 6 heteroatoms. The highest BCUT2D eigenvalue weighted by atomic mass is 35.5. The lowest BCUT2D eigenvalue weighted by atomic mass is 10.0. The molecule has 1 amide bonds. The largest absolute Gasteiger partial charge is 0.486 e. The molecule has 0 N–H and O–H groups in total. The highest BCUT2D eigenvalue weighted by molar-refractivity contribution is 7.10. The van der Waals surface area contributed by atoms with Crippen LogP contribution < -0.4 is 9.47 Å². The summed E-state index contributed by atoms with van der Waals surface area (Å²) in [5.41, 5.74) is 2.09. The molecule has 2 aliphatic heterocycles. The topological polar surface area (TPSA) is 38.8 Å². The first-order valence-electron chi connectivity index (χ1n) is 8.27. The Bertz CT molecular complexity index is 845. The van der Waals surface area contributed by atoms with Crippen molar-refractivity contribution in [3.63, 3.8) is 0 Å². The summed E-state index contributed by atoms with van der Waals surface area (Å²) in [6.07, 6.45) is 4.31. The van der Waals surface area contributed by atoms with Crippen molar-refractivity contribution in [1.82, 2.24) is 4.90 Å². The fourth-order valence-electron chi connectivity index (χ4n) is 3.30. The van der Waals surface area contributed by atoms with Crippen LogP contribution in [-0.4, -0.2) is 30.6 Å². The van der Waals surface area contributed by atoms with Crippen LogP contribution in [0.2, 0.25) is 5.02 Å². The van der Waals surface area contributed by atoms with Crippen molar-refractivity contribution in [1.29, 1.82) is 0 Å². The number of fused-ring (bicyclic) bond motifs is 2. The molecule has 1 aromatic carbocycles. The van der Waals surface area contributed by atoms with Gasteiger partial charge in [-0.05, 0) is 54.1 Å². The lowest BCUT2D eigenvalue weighted by Crippen LogP contribution is -2.37. The average molecular weight is 376 g/mol. The normalized spacial score (nSPS) is 19.1. The van der Waals surface area contributed by atoms with E-state index in [2.05, 4.69) is 18.4 Å². The van der Waals surface area contributed by atoms with Gasteiger partial charge >= 0.3 is 0 Å². The number of carbonyl (C=O) groups excluding carboxylic acids is 1. The van der Waals surface area contributed by atoms with Gasteiger partial charge in [-0.3, -0.25) is 4.79 Å². The first-order valence-corrected chi connectivity index (χ1v) is 9.53. The number of nitrogens with zero attached hydrogens (tertiary/aromatic N) is 1. The number of amides is 1. The van der Waals surface area contributed by atoms with Crippen molar-refractivity contribution in [3.8, 4) is 11.5 Å². The smallest absolute Gasteiger partial charge is 0.247 e. The van der Waals surface area contributed by atoms with Gasteiger partial charge in [-0.15, -0.1) is 11.3 Å². The molecule has 0 bridgehead atoms. The van der Waals surface area contributed by atoms with E-state index >= 15 is 0 Å². The highest BCUT2D eigenvalue weighted by Crippen LogP contribution is 2.38. The standard InChI is InChI=1S/C19H18ClNO3S/c1-12-14-5-9-25-17(14)4-6-21(12)18(22)3-2-13-10-15(20)19-16(11-13)23-7-8-24-19/h2-3,5,9-12H,4,6-8H2,1H3/b3-2+. The zero-order valence-corrected chi connectivity index (χ0v) is 15.4. The van der Waals surface area contributed by atoms with E-state index in [-0.39, 0.29) is 11.9 Å². The fraction of sp³-hybridized carbons (Fsp3) is 0.316. The molecule has 0 saturated heterocycles. The van der Waals surface area contributed by atoms with Crippen molar-refractivity contribution in [2.45, 2.75) is 19.4 Å². The predicted octanol–water partition coefficient (Wildman–Crippen LogP) is 4.33. The van der Waals surface area contributed by atoms with Crippen LogP contribution in [0.3, 0.4) is 0 Å². The van der Waals surface area contributed by atoms with Crippen LogP contribution >= 0.6 is 22.9 Å². The molecule has 2 aromatic rings. The van der Waals surface area contributed by atoms with Gasteiger partial charge in [0.05, 0.1) is 11.1 Å². The summed E-state index contributed by atoms with van der Waals surface area (Å²) in [6.45, 7) is 3.83. The van der Waals surface area contributed by atoms with Gasteiger partial charge in [0.25, 0.3) is 0 Å². The summed E-state index contributed by atoms with van der Waals surface area (Å²) >= 11 is 8.02. The second kappa shape index (κ2) is 6.73. The Morgan fingerprint density at radius 2 is 2.20 bits per heavy atom. The number of hydrogen-bond acceptors (Lipinski definition) is 4. The van der Waals surface area contributed by atoms with Crippen molar-refractivity contribution in [2.24, 2.45) is 0 Å². The van der Waals surface area contributed by atoms with Gasteiger partial charge in [0, 0.05) is 17.5 Å². The number of benzene rings is 1. The zero-order chi connectivity index (χ0) is 17.4. The molecule has 130 valence electrons. The lowest BCUT2D eigenvalue weighted by Gasteiger charge is -2.32. The molecule has 3 heterocycles. The van der Waals surface area contributed by atoms with Gasteiger partial charge in [-0.1, -0.05) is 11.6 Å². The molecule has 25 heavy (non-hydrogen) atoms. The summed E-state index contributed by atoms with van der Waals surface area (Å²) in [5, 5.41) is 2.60. The van der Waals surface area contributed by atoms with E-state index in [4.69, 9.17) is 21.1 Å². The molecule has 1 aromatic heterocycles. The molecule has 0 spiro atoms. The first-order chi connectivity index (χ1) is 12.1. The maximum Gasteiger partial charge on any atom is 0.247 e. The molecule has 1 atom stereocenters. The maximum atomic E-state index is 12.6. The zero-order valence-electron chi connectivity index (χ0n) is 13.8. The quantitative estimate of drug-likeness (QED) is 0.733. The average Bonchev–Trinajstić information content (AvgIpc) is 3.10. The molecule has 4 nitrogen and oxygen atoms in total. The Hall–Kier alpha value is -1.98. The Labute approximate surface area is 155 Å². The van der Waals surface area contributed by atoms with E-state index in [1.54, 1.807) is 29.6 Å². The molecule has 0 radical (unpaired) electrons. The lowest BCUT2D eigenvalue weighted by molar-refractivity contribution is -0.128. The third-order valence-electron chi connectivity index (χ3n) is 4.60. The van der Waals surface area contributed by atoms with Crippen molar-refractivity contribution >= 4 is 34.9 Å². The van der Waals surface area contributed by atoms with Gasteiger partial charge in [-0.25, -0.2) is 0 Å². The summed E-state index contributed by atoms with van der Waals surface area (Å²) in [5.74, 6) is 1.21. The number of halogens is 1. The van der Waals surface area contributed by atoms with Gasteiger partial charge in [0.2, 0.25) is 5.91 Å². The van der Waals surface area contributed by atoms with Crippen LogP contribution in [0.4, 0.5) is 0 Å². The van der Waals surface area contributed by atoms with E-state index in [9.17, 15) is 4.79 Å². The second-order valence-corrected chi connectivity index (χ2v) is 7.52. The maximum absolute atomic E-state index is 12.6. The van der Waals surface area contributed by atoms with Crippen molar-refractivity contribution < 1.29 is 14.3 Å². The van der Waals surface area contributed by atoms with E-state index < -0.39 is 0 Å². The van der Waals surface area contributed by atoms with E-state index in [0.717, 1.165) is 18.5 Å². The van der Waals surface area contributed by atoms with E-state index in [0.29, 0.717) is 29.7 Å². The Balaban J connectivity index is 1.52. The molecule has 0 saturated carbocycles. The van der Waals surface area contributed by atoms with Gasteiger partial charge < -0.3 is 14.4 Å². The van der Waals surface area contributed by atoms with Crippen molar-refractivity contribution in [2.75, 3.05) is 19.8 Å². The van der Waals surface area contributed by atoms with E-state index in [1.807, 2.05) is 11.0 Å². The molecule has 0 fully saturated rings. The molecule has 4 rings (SSSR count). The number of carbonyl (C=O) groups is 1. The third-order valence-corrected chi connectivity index (χ3v) is 5.88. The van der Waals surface area contributed by atoms with Gasteiger partial charge in [-0.2, -0.15) is 0 Å². The minimum absolute atomic E-state index is 0.00959. The third kappa shape index (κ3) is 3.14.